The van der Waals surface area contributed by atoms with Gasteiger partial charge in [0.25, 0.3) is 0 Å². The molecule has 4 heteroatoms. The molecule has 0 N–H and O–H groups in total. The van der Waals surface area contributed by atoms with Crippen LogP contribution in [0.4, 0.5) is 0 Å². The van der Waals surface area contributed by atoms with Crippen LogP contribution >= 0.6 is 22.6 Å². The molecule has 72 valence electrons. The van der Waals surface area contributed by atoms with Gasteiger partial charge in [0, 0.05) is 6.20 Å². The largest absolute Gasteiger partial charge is 0.373 e. The van der Waals surface area contributed by atoms with Crippen LogP contribution in [-0.2, 0) is 11.3 Å². The molecule has 0 aliphatic carbocycles. The quantitative estimate of drug-likeness (QED) is 0.780. The van der Waals surface area contributed by atoms with Crippen LogP contribution in [0.1, 0.15) is 19.8 Å². The first-order valence-electron chi connectivity index (χ1n) is 4.57. The Morgan fingerprint density at radius 3 is 3.08 bits per heavy atom. The lowest BCUT2D eigenvalue weighted by Crippen LogP contribution is -2.16. The summed E-state index contributed by atoms with van der Waals surface area (Å²) in [5, 5.41) is 4.23. The van der Waals surface area contributed by atoms with Gasteiger partial charge in [-0.3, -0.25) is 4.68 Å². The molecule has 3 nitrogen and oxygen atoms in total. The van der Waals surface area contributed by atoms with Crippen LogP contribution in [0.15, 0.2) is 12.4 Å². The standard InChI is InChI=1S/C9H13IN2O/c1-7-2-3-9(13-7)6-12-5-8(10)4-11-12/h4-5,7,9H,2-3,6H2,1H3. The maximum Gasteiger partial charge on any atom is 0.0775 e. The number of rotatable bonds is 2. The highest BCUT2D eigenvalue weighted by Crippen LogP contribution is 2.20. The number of hydrogen-bond acceptors (Lipinski definition) is 2. The molecule has 0 amide bonds. The Balaban J connectivity index is 1.91. The first-order valence-corrected chi connectivity index (χ1v) is 5.65. The number of hydrogen-bond donors (Lipinski definition) is 0. The molecule has 1 aromatic rings. The van der Waals surface area contributed by atoms with E-state index in [1.807, 2.05) is 17.1 Å². The molecule has 2 unspecified atom stereocenters. The van der Waals surface area contributed by atoms with Gasteiger partial charge in [0.2, 0.25) is 0 Å². The van der Waals surface area contributed by atoms with Crippen molar-refractivity contribution in [2.24, 2.45) is 0 Å². The van der Waals surface area contributed by atoms with Crippen LogP contribution in [0.3, 0.4) is 0 Å². The van der Waals surface area contributed by atoms with Gasteiger partial charge in [-0.15, -0.1) is 0 Å². The highest BCUT2D eigenvalue weighted by molar-refractivity contribution is 14.1. The average molecular weight is 292 g/mol. The average Bonchev–Trinajstić information content (AvgIpc) is 2.62. The van der Waals surface area contributed by atoms with Gasteiger partial charge in [-0.1, -0.05) is 0 Å². The molecule has 2 heterocycles. The monoisotopic (exact) mass is 292 g/mol. The molecule has 2 atom stereocenters. The minimum absolute atomic E-state index is 0.366. The minimum Gasteiger partial charge on any atom is -0.373 e. The molecule has 1 aliphatic rings. The van der Waals surface area contributed by atoms with Gasteiger partial charge in [0.1, 0.15) is 0 Å². The predicted molar refractivity (Wildman–Crippen MR) is 58.5 cm³/mol. The highest BCUT2D eigenvalue weighted by atomic mass is 127. The molecular formula is C9H13IN2O. The predicted octanol–water partition coefficient (Wildman–Crippen LogP) is 2.06. The summed E-state index contributed by atoms with van der Waals surface area (Å²) in [6, 6.07) is 0. The van der Waals surface area contributed by atoms with Crippen LogP contribution < -0.4 is 0 Å². The van der Waals surface area contributed by atoms with Crippen molar-refractivity contribution in [3.8, 4) is 0 Å². The first kappa shape index (κ1) is 9.45. The fourth-order valence-corrected chi connectivity index (χ4v) is 2.11. The zero-order valence-electron chi connectivity index (χ0n) is 7.61. The smallest absolute Gasteiger partial charge is 0.0775 e. The van der Waals surface area contributed by atoms with E-state index in [2.05, 4.69) is 34.6 Å². The normalized spacial score (nSPS) is 28.2. The van der Waals surface area contributed by atoms with Gasteiger partial charge in [0.15, 0.2) is 0 Å². The second-order valence-electron chi connectivity index (χ2n) is 3.53. The fourth-order valence-electron chi connectivity index (χ4n) is 1.67. The van der Waals surface area contributed by atoms with E-state index in [1.165, 1.54) is 9.99 Å². The van der Waals surface area contributed by atoms with E-state index in [-0.39, 0.29) is 0 Å². The lowest BCUT2D eigenvalue weighted by atomic mass is 10.2. The molecule has 0 spiro atoms. The summed E-state index contributed by atoms with van der Waals surface area (Å²) >= 11 is 2.27. The van der Waals surface area contributed by atoms with E-state index in [9.17, 15) is 0 Å². The molecule has 1 fully saturated rings. The van der Waals surface area contributed by atoms with Crippen molar-refractivity contribution in [2.45, 2.75) is 38.5 Å². The summed E-state index contributed by atoms with van der Waals surface area (Å²) in [5.41, 5.74) is 0. The van der Waals surface area contributed by atoms with Gasteiger partial charge in [0.05, 0.1) is 28.5 Å². The Kier molecular flexibility index (Phi) is 2.88. The summed E-state index contributed by atoms with van der Waals surface area (Å²) in [6.45, 7) is 3.03. The van der Waals surface area contributed by atoms with E-state index in [0.29, 0.717) is 12.2 Å². The molecule has 1 aliphatic heterocycles. The van der Waals surface area contributed by atoms with Gasteiger partial charge in [-0.25, -0.2) is 0 Å². The van der Waals surface area contributed by atoms with Crippen LogP contribution in [0.5, 0.6) is 0 Å². The maximum absolute atomic E-state index is 5.71. The minimum atomic E-state index is 0.366. The summed E-state index contributed by atoms with van der Waals surface area (Å²) in [6.07, 6.45) is 7.07. The van der Waals surface area contributed by atoms with Crippen molar-refractivity contribution in [1.82, 2.24) is 9.78 Å². The summed E-state index contributed by atoms with van der Waals surface area (Å²) in [4.78, 5) is 0. The Morgan fingerprint density at radius 2 is 2.54 bits per heavy atom. The van der Waals surface area contributed by atoms with E-state index in [0.717, 1.165) is 13.0 Å². The molecule has 0 saturated carbocycles. The second-order valence-corrected chi connectivity index (χ2v) is 4.77. The molecule has 13 heavy (non-hydrogen) atoms. The number of aromatic nitrogens is 2. The zero-order valence-corrected chi connectivity index (χ0v) is 9.77. The van der Waals surface area contributed by atoms with E-state index in [1.54, 1.807) is 0 Å². The third kappa shape index (κ3) is 2.43. The molecule has 1 saturated heterocycles. The van der Waals surface area contributed by atoms with Crippen LogP contribution in [0, 0.1) is 3.57 Å². The Hall–Kier alpha value is -0.100. The number of halogens is 1. The lowest BCUT2D eigenvalue weighted by Gasteiger charge is -2.10. The highest BCUT2D eigenvalue weighted by Gasteiger charge is 2.21. The van der Waals surface area contributed by atoms with Crippen molar-refractivity contribution < 1.29 is 4.74 Å². The zero-order chi connectivity index (χ0) is 9.26. The van der Waals surface area contributed by atoms with E-state index in [4.69, 9.17) is 4.74 Å². The fraction of sp³-hybridized carbons (Fsp3) is 0.667. The van der Waals surface area contributed by atoms with Crippen LogP contribution in [0.25, 0.3) is 0 Å². The van der Waals surface area contributed by atoms with Crippen LogP contribution in [-0.4, -0.2) is 22.0 Å². The maximum atomic E-state index is 5.71. The lowest BCUT2D eigenvalue weighted by molar-refractivity contribution is 0.0437. The third-order valence-electron chi connectivity index (χ3n) is 2.31. The summed E-state index contributed by atoms with van der Waals surface area (Å²) in [7, 11) is 0. The second kappa shape index (κ2) is 3.96. The SMILES string of the molecule is CC1CCC(Cn2cc(I)cn2)O1. The Bertz CT molecular complexity index is 287. The summed E-state index contributed by atoms with van der Waals surface area (Å²) < 4.78 is 8.86. The van der Waals surface area contributed by atoms with Gasteiger partial charge < -0.3 is 4.74 Å². The molecule has 2 rings (SSSR count). The van der Waals surface area contributed by atoms with Gasteiger partial charge in [-0.05, 0) is 42.4 Å². The van der Waals surface area contributed by atoms with Crippen molar-refractivity contribution in [1.29, 1.82) is 0 Å². The first-order chi connectivity index (χ1) is 6.24. The molecule has 0 radical (unpaired) electrons. The van der Waals surface area contributed by atoms with Crippen molar-refractivity contribution in [2.75, 3.05) is 0 Å². The van der Waals surface area contributed by atoms with Gasteiger partial charge in [-0.2, -0.15) is 5.10 Å². The third-order valence-corrected chi connectivity index (χ3v) is 2.87. The van der Waals surface area contributed by atoms with Gasteiger partial charge >= 0.3 is 0 Å². The molecular weight excluding hydrogens is 279 g/mol. The topological polar surface area (TPSA) is 27.1 Å². The van der Waals surface area contributed by atoms with Crippen molar-refractivity contribution >= 4 is 22.6 Å². The molecule has 1 aromatic heterocycles. The number of ether oxygens (including phenoxy) is 1. The molecule has 0 aromatic carbocycles. The number of nitrogens with zero attached hydrogens (tertiary/aromatic N) is 2. The van der Waals surface area contributed by atoms with Crippen LogP contribution in [0.2, 0.25) is 0 Å². The molecule has 0 bridgehead atoms. The van der Waals surface area contributed by atoms with Crippen molar-refractivity contribution in [3.05, 3.63) is 16.0 Å². The van der Waals surface area contributed by atoms with E-state index < -0.39 is 0 Å². The summed E-state index contributed by atoms with van der Waals surface area (Å²) in [5.74, 6) is 0. The van der Waals surface area contributed by atoms with Crippen molar-refractivity contribution in [3.63, 3.8) is 0 Å². The Morgan fingerprint density at radius 1 is 1.69 bits per heavy atom. The van der Waals surface area contributed by atoms with E-state index >= 15 is 0 Å². The Labute approximate surface area is 91.6 Å².